The Morgan fingerprint density at radius 3 is 3.14 bits per heavy atom. The molecule has 1 fully saturated rings. The van der Waals surface area contributed by atoms with Crippen LogP contribution >= 0.6 is 11.5 Å². The lowest BCUT2D eigenvalue weighted by Crippen LogP contribution is -2.37. The van der Waals surface area contributed by atoms with Crippen molar-refractivity contribution in [3.05, 3.63) is 5.82 Å². The second-order valence-electron chi connectivity index (χ2n) is 3.53. The molecule has 1 aliphatic rings. The number of hydrogen-bond donors (Lipinski definition) is 2. The second kappa shape index (κ2) is 3.80. The van der Waals surface area contributed by atoms with Crippen molar-refractivity contribution in [2.75, 3.05) is 25.1 Å². The molecule has 0 saturated carbocycles. The molecule has 0 radical (unpaired) electrons. The SMILES string of the molecule is Cc1nsc(NCC2(O)CCOC2)n1. The van der Waals surface area contributed by atoms with E-state index in [1.807, 2.05) is 6.92 Å². The van der Waals surface area contributed by atoms with Gasteiger partial charge in [0, 0.05) is 31.1 Å². The molecular weight excluding hydrogens is 202 g/mol. The van der Waals surface area contributed by atoms with E-state index in [0.717, 1.165) is 11.0 Å². The monoisotopic (exact) mass is 215 g/mol. The maximum absolute atomic E-state index is 9.93. The fourth-order valence-corrected chi connectivity index (χ4v) is 1.91. The third-order valence-electron chi connectivity index (χ3n) is 2.18. The largest absolute Gasteiger partial charge is 0.386 e. The van der Waals surface area contributed by atoms with Crippen LogP contribution in [0.1, 0.15) is 12.2 Å². The van der Waals surface area contributed by atoms with Crippen LogP contribution in [-0.2, 0) is 4.74 Å². The lowest BCUT2D eigenvalue weighted by molar-refractivity contribution is 0.0382. The van der Waals surface area contributed by atoms with Gasteiger partial charge in [-0.15, -0.1) is 0 Å². The number of aryl methyl sites for hydroxylation is 1. The van der Waals surface area contributed by atoms with E-state index >= 15 is 0 Å². The van der Waals surface area contributed by atoms with E-state index in [2.05, 4.69) is 14.7 Å². The minimum atomic E-state index is -0.737. The molecule has 14 heavy (non-hydrogen) atoms. The Balaban J connectivity index is 1.87. The van der Waals surface area contributed by atoms with E-state index in [1.165, 1.54) is 11.5 Å². The molecule has 0 aromatic carbocycles. The molecule has 1 aliphatic heterocycles. The molecule has 2 heterocycles. The highest BCUT2D eigenvalue weighted by molar-refractivity contribution is 7.09. The molecule has 2 N–H and O–H groups in total. The van der Waals surface area contributed by atoms with Gasteiger partial charge in [0.2, 0.25) is 5.13 Å². The number of aromatic nitrogens is 2. The molecule has 2 rings (SSSR count). The van der Waals surface area contributed by atoms with E-state index in [9.17, 15) is 5.11 Å². The fraction of sp³-hybridized carbons (Fsp3) is 0.750. The van der Waals surface area contributed by atoms with E-state index < -0.39 is 5.60 Å². The Labute approximate surface area is 86.3 Å². The van der Waals surface area contributed by atoms with Gasteiger partial charge in [-0.05, 0) is 6.92 Å². The Hall–Kier alpha value is -0.720. The zero-order valence-electron chi connectivity index (χ0n) is 7.99. The van der Waals surface area contributed by atoms with Crippen molar-refractivity contribution in [3.8, 4) is 0 Å². The van der Waals surface area contributed by atoms with E-state index in [-0.39, 0.29) is 0 Å². The molecule has 0 spiro atoms. The summed E-state index contributed by atoms with van der Waals surface area (Å²) in [6, 6.07) is 0. The lowest BCUT2D eigenvalue weighted by atomic mass is 10.0. The van der Waals surface area contributed by atoms with Crippen molar-refractivity contribution in [1.82, 2.24) is 9.36 Å². The molecule has 1 aromatic heterocycles. The summed E-state index contributed by atoms with van der Waals surface area (Å²) in [7, 11) is 0. The van der Waals surface area contributed by atoms with Crippen LogP contribution in [-0.4, -0.2) is 39.8 Å². The lowest BCUT2D eigenvalue weighted by Gasteiger charge is -2.19. The highest BCUT2D eigenvalue weighted by Gasteiger charge is 2.32. The average Bonchev–Trinajstić information content (AvgIpc) is 2.73. The van der Waals surface area contributed by atoms with Gasteiger partial charge in [-0.2, -0.15) is 4.37 Å². The first-order valence-corrected chi connectivity index (χ1v) is 5.30. The minimum Gasteiger partial charge on any atom is -0.386 e. The first-order chi connectivity index (χ1) is 6.68. The van der Waals surface area contributed by atoms with Gasteiger partial charge in [0.25, 0.3) is 0 Å². The van der Waals surface area contributed by atoms with Crippen LogP contribution in [0.3, 0.4) is 0 Å². The van der Waals surface area contributed by atoms with Crippen LogP contribution in [0, 0.1) is 6.92 Å². The number of aliphatic hydroxyl groups is 1. The highest BCUT2D eigenvalue weighted by atomic mass is 32.1. The van der Waals surface area contributed by atoms with E-state index in [0.29, 0.717) is 26.2 Å². The summed E-state index contributed by atoms with van der Waals surface area (Å²) in [5, 5.41) is 13.7. The van der Waals surface area contributed by atoms with Gasteiger partial charge < -0.3 is 15.2 Å². The van der Waals surface area contributed by atoms with Gasteiger partial charge in [0.1, 0.15) is 11.4 Å². The molecule has 1 aromatic rings. The Bertz CT molecular complexity index is 309. The molecule has 0 bridgehead atoms. The van der Waals surface area contributed by atoms with Gasteiger partial charge in [0.05, 0.1) is 6.61 Å². The molecule has 1 saturated heterocycles. The maximum atomic E-state index is 9.93. The van der Waals surface area contributed by atoms with Crippen molar-refractivity contribution in [1.29, 1.82) is 0 Å². The average molecular weight is 215 g/mol. The summed E-state index contributed by atoms with van der Waals surface area (Å²) in [6.07, 6.45) is 0.678. The van der Waals surface area contributed by atoms with Crippen LogP contribution in [0.25, 0.3) is 0 Å². The number of rotatable bonds is 3. The van der Waals surface area contributed by atoms with E-state index in [4.69, 9.17) is 4.74 Å². The van der Waals surface area contributed by atoms with Crippen molar-refractivity contribution >= 4 is 16.7 Å². The normalized spacial score (nSPS) is 26.7. The quantitative estimate of drug-likeness (QED) is 0.764. The van der Waals surface area contributed by atoms with Gasteiger partial charge in [-0.3, -0.25) is 0 Å². The van der Waals surface area contributed by atoms with Crippen molar-refractivity contribution in [2.24, 2.45) is 0 Å². The summed E-state index contributed by atoms with van der Waals surface area (Å²) in [6.45, 7) is 3.35. The predicted molar refractivity (Wildman–Crippen MR) is 53.5 cm³/mol. The summed E-state index contributed by atoms with van der Waals surface area (Å²) < 4.78 is 9.17. The Morgan fingerprint density at radius 2 is 2.57 bits per heavy atom. The Kier molecular flexibility index (Phi) is 2.66. The molecule has 1 unspecified atom stereocenters. The molecule has 1 atom stereocenters. The number of anilines is 1. The number of hydrogen-bond acceptors (Lipinski definition) is 6. The first-order valence-electron chi connectivity index (χ1n) is 4.52. The third-order valence-corrected chi connectivity index (χ3v) is 2.94. The smallest absolute Gasteiger partial charge is 0.202 e. The molecule has 6 heteroatoms. The van der Waals surface area contributed by atoms with Gasteiger partial charge >= 0.3 is 0 Å². The van der Waals surface area contributed by atoms with Gasteiger partial charge in [0.15, 0.2) is 0 Å². The van der Waals surface area contributed by atoms with Gasteiger partial charge in [-0.1, -0.05) is 0 Å². The zero-order chi connectivity index (χ0) is 10.0. The van der Waals surface area contributed by atoms with Crippen LogP contribution in [0.2, 0.25) is 0 Å². The molecule has 0 amide bonds. The topological polar surface area (TPSA) is 67.3 Å². The second-order valence-corrected chi connectivity index (χ2v) is 4.28. The Morgan fingerprint density at radius 1 is 1.71 bits per heavy atom. The summed E-state index contributed by atoms with van der Waals surface area (Å²) in [5.74, 6) is 0.757. The standard InChI is InChI=1S/C8H13N3O2S/c1-6-10-7(14-11-6)9-4-8(12)2-3-13-5-8/h12H,2-5H2,1H3,(H,9,10,11). The first kappa shape index (κ1) is 9.82. The summed E-state index contributed by atoms with van der Waals surface area (Å²) >= 11 is 1.31. The summed E-state index contributed by atoms with van der Waals surface area (Å²) in [5.41, 5.74) is -0.737. The van der Waals surface area contributed by atoms with Crippen molar-refractivity contribution in [3.63, 3.8) is 0 Å². The van der Waals surface area contributed by atoms with Crippen LogP contribution in [0.15, 0.2) is 0 Å². The number of nitrogens with zero attached hydrogens (tertiary/aromatic N) is 2. The fourth-order valence-electron chi connectivity index (χ4n) is 1.34. The maximum Gasteiger partial charge on any atom is 0.202 e. The number of ether oxygens (including phenoxy) is 1. The molecule has 0 aliphatic carbocycles. The highest BCUT2D eigenvalue weighted by Crippen LogP contribution is 2.19. The van der Waals surface area contributed by atoms with Gasteiger partial charge in [-0.25, -0.2) is 4.98 Å². The van der Waals surface area contributed by atoms with E-state index in [1.54, 1.807) is 0 Å². The van der Waals surface area contributed by atoms with Crippen molar-refractivity contribution in [2.45, 2.75) is 18.9 Å². The molecule has 5 nitrogen and oxygen atoms in total. The number of nitrogens with one attached hydrogen (secondary N) is 1. The van der Waals surface area contributed by atoms with Crippen molar-refractivity contribution < 1.29 is 9.84 Å². The van der Waals surface area contributed by atoms with Crippen LogP contribution in [0.4, 0.5) is 5.13 Å². The zero-order valence-corrected chi connectivity index (χ0v) is 8.80. The van der Waals surface area contributed by atoms with Crippen LogP contribution in [0.5, 0.6) is 0 Å². The molecular formula is C8H13N3O2S. The predicted octanol–water partition coefficient (Wildman–Crippen LogP) is 0.410. The third kappa shape index (κ3) is 2.20. The molecule has 78 valence electrons. The summed E-state index contributed by atoms with van der Waals surface area (Å²) in [4.78, 5) is 4.15. The van der Waals surface area contributed by atoms with Crippen LogP contribution < -0.4 is 5.32 Å². The minimum absolute atomic E-state index is 0.401.